The lowest BCUT2D eigenvalue weighted by Crippen LogP contribution is -2.52. The molecule has 1 aromatic heterocycles. The average molecular weight is 326 g/mol. The fraction of sp³-hybridized carbons (Fsp3) is 0.500. The molecule has 2 unspecified atom stereocenters. The zero-order valence-corrected chi connectivity index (χ0v) is 14.0. The Labute approximate surface area is 133 Å². The molecule has 0 bridgehead atoms. The number of rotatable bonds is 3. The maximum atomic E-state index is 10.6. The standard InChI is InChI=1S/C16H20ClNO2S/c1-4-7-18-12-10-6-5-9-8-11(17)21-14(9)13(10)20-16(2,3)15(12)19/h5-6,8,12,15,18-19H,4,7H2,1-3H3. The van der Waals surface area contributed by atoms with Crippen LogP contribution in [0.2, 0.25) is 4.34 Å². The SMILES string of the molecule is CCCNC1c2ccc3cc(Cl)sc3c2OC(C)(C)C1O. The molecule has 0 saturated carbocycles. The summed E-state index contributed by atoms with van der Waals surface area (Å²) < 4.78 is 7.94. The second-order valence-electron chi connectivity index (χ2n) is 6.03. The van der Waals surface area contributed by atoms with Gasteiger partial charge in [0.05, 0.1) is 15.1 Å². The van der Waals surface area contributed by atoms with Crippen LogP contribution in [0.4, 0.5) is 0 Å². The molecule has 2 N–H and O–H groups in total. The van der Waals surface area contributed by atoms with Gasteiger partial charge in [-0.2, -0.15) is 0 Å². The van der Waals surface area contributed by atoms with E-state index in [2.05, 4.69) is 12.2 Å². The zero-order valence-electron chi connectivity index (χ0n) is 12.4. The van der Waals surface area contributed by atoms with Gasteiger partial charge in [0.25, 0.3) is 0 Å². The zero-order chi connectivity index (χ0) is 15.2. The Hall–Kier alpha value is -0.810. The van der Waals surface area contributed by atoms with Crippen LogP contribution in [-0.2, 0) is 0 Å². The van der Waals surface area contributed by atoms with Crippen LogP contribution in [0.25, 0.3) is 10.1 Å². The molecule has 5 heteroatoms. The molecule has 0 aliphatic carbocycles. The highest BCUT2D eigenvalue weighted by Gasteiger charge is 2.43. The highest BCUT2D eigenvalue weighted by molar-refractivity contribution is 7.23. The van der Waals surface area contributed by atoms with Crippen LogP contribution in [0.3, 0.4) is 0 Å². The van der Waals surface area contributed by atoms with Gasteiger partial charge in [-0.15, -0.1) is 11.3 Å². The van der Waals surface area contributed by atoms with E-state index in [1.807, 2.05) is 32.0 Å². The molecular formula is C16H20ClNO2S. The number of halogens is 1. The lowest BCUT2D eigenvalue weighted by atomic mass is 9.86. The molecule has 0 spiro atoms. The van der Waals surface area contributed by atoms with Crippen molar-refractivity contribution in [3.05, 3.63) is 28.1 Å². The molecule has 2 aromatic rings. The van der Waals surface area contributed by atoms with Gasteiger partial charge < -0.3 is 15.2 Å². The monoisotopic (exact) mass is 325 g/mol. The van der Waals surface area contributed by atoms with Crippen molar-refractivity contribution in [3.63, 3.8) is 0 Å². The van der Waals surface area contributed by atoms with Gasteiger partial charge >= 0.3 is 0 Å². The number of fused-ring (bicyclic) bond motifs is 3. The Morgan fingerprint density at radius 2 is 2.19 bits per heavy atom. The van der Waals surface area contributed by atoms with E-state index >= 15 is 0 Å². The maximum absolute atomic E-state index is 10.6. The molecule has 0 amide bonds. The van der Waals surface area contributed by atoms with Gasteiger partial charge in [0, 0.05) is 5.56 Å². The quantitative estimate of drug-likeness (QED) is 0.891. The first-order valence-corrected chi connectivity index (χ1v) is 8.46. The molecule has 1 aliphatic rings. The molecule has 2 heterocycles. The predicted octanol–water partition coefficient (Wildman–Crippen LogP) is 4.13. The summed E-state index contributed by atoms with van der Waals surface area (Å²) in [4.78, 5) is 0. The Bertz CT molecular complexity index is 668. The van der Waals surface area contributed by atoms with E-state index in [4.69, 9.17) is 16.3 Å². The Morgan fingerprint density at radius 3 is 2.90 bits per heavy atom. The largest absolute Gasteiger partial charge is 0.483 e. The van der Waals surface area contributed by atoms with Crippen molar-refractivity contribution in [2.24, 2.45) is 0 Å². The molecule has 0 fully saturated rings. The number of hydrogen-bond donors (Lipinski definition) is 2. The fourth-order valence-corrected chi connectivity index (χ4v) is 4.05. The van der Waals surface area contributed by atoms with Crippen LogP contribution in [-0.4, -0.2) is 23.4 Å². The molecule has 3 nitrogen and oxygen atoms in total. The molecule has 3 rings (SSSR count). The summed E-state index contributed by atoms with van der Waals surface area (Å²) >= 11 is 7.67. The topological polar surface area (TPSA) is 41.5 Å². The molecule has 1 aliphatic heterocycles. The van der Waals surface area contributed by atoms with E-state index in [-0.39, 0.29) is 6.04 Å². The van der Waals surface area contributed by atoms with Gasteiger partial charge in [-0.05, 0) is 38.3 Å². The van der Waals surface area contributed by atoms with E-state index in [0.717, 1.165) is 38.7 Å². The van der Waals surface area contributed by atoms with Crippen molar-refractivity contribution >= 4 is 33.0 Å². The Balaban J connectivity index is 2.15. The van der Waals surface area contributed by atoms with Crippen LogP contribution in [0.1, 0.15) is 38.8 Å². The highest BCUT2D eigenvalue weighted by Crippen LogP contribution is 2.46. The lowest BCUT2D eigenvalue weighted by Gasteiger charge is -2.42. The summed E-state index contributed by atoms with van der Waals surface area (Å²) in [5.74, 6) is 0.855. The van der Waals surface area contributed by atoms with Gasteiger partial charge in [0.15, 0.2) is 0 Å². The van der Waals surface area contributed by atoms with Crippen LogP contribution >= 0.6 is 22.9 Å². The first-order valence-electron chi connectivity index (χ1n) is 7.26. The Morgan fingerprint density at radius 1 is 1.43 bits per heavy atom. The van der Waals surface area contributed by atoms with E-state index in [0.29, 0.717) is 0 Å². The summed E-state index contributed by atoms with van der Waals surface area (Å²) in [6, 6.07) is 5.92. The van der Waals surface area contributed by atoms with Crippen LogP contribution in [0.5, 0.6) is 5.75 Å². The molecule has 21 heavy (non-hydrogen) atoms. The molecule has 2 atom stereocenters. The van der Waals surface area contributed by atoms with Gasteiger partial charge in [-0.3, -0.25) is 0 Å². The van der Waals surface area contributed by atoms with Crippen LogP contribution < -0.4 is 10.1 Å². The van der Waals surface area contributed by atoms with E-state index in [9.17, 15) is 5.11 Å². The normalized spacial score (nSPS) is 23.9. The van der Waals surface area contributed by atoms with Gasteiger partial charge in [0.1, 0.15) is 17.5 Å². The first kappa shape index (κ1) is 15.1. The van der Waals surface area contributed by atoms with Crippen LogP contribution in [0, 0.1) is 0 Å². The first-order chi connectivity index (χ1) is 9.94. The predicted molar refractivity (Wildman–Crippen MR) is 88.6 cm³/mol. The second kappa shape index (κ2) is 5.43. The van der Waals surface area contributed by atoms with Crippen molar-refractivity contribution in [2.75, 3.05) is 6.54 Å². The summed E-state index contributed by atoms with van der Waals surface area (Å²) in [6.07, 6.45) is 0.428. The Kier molecular flexibility index (Phi) is 3.91. The average Bonchev–Trinajstić information content (AvgIpc) is 2.80. The molecular weight excluding hydrogens is 306 g/mol. The lowest BCUT2D eigenvalue weighted by molar-refractivity contribution is -0.0633. The highest BCUT2D eigenvalue weighted by atomic mass is 35.5. The minimum atomic E-state index is -0.636. The summed E-state index contributed by atoms with van der Waals surface area (Å²) in [7, 11) is 0. The summed E-state index contributed by atoms with van der Waals surface area (Å²) in [5, 5.41) is 15.2. The molecule has 114 valence electrons. The number of aliphatic hydroxyl groups is 1. The molecule has 0 saturated heterocycles. The second-order valence-corrected chi connectivity index (χ2v) is 7.72. The summed E-state index contributed by atoms with van der Waals surface area (Å²) in [6.45, 7) is 6.83. The number of nitrogens with one attached hydrogen (secondary N) is 1. The van der Waals surface area contributed by atoms with E-state index < -0.39 is 11.7 Å². The van der Waals surface area contributed by atoms with E-state index in [1.165, 1.54) is 11.3 Å². The summed E-state index contributed by atoms with van der Waals surface area (Å²) in [5.41, 5.74) is 0.379. The fourth-order valence-electron chi connectivity index (χ4n) is 2.83. The molecule has 0 radical (unpaired) electrons. The number of ether oxygens (including phenoxy) is 1. The van der Waals surface area contributed by atoms with Gasteiger partial charge in [-0.1, -0.05) is 30.7 Å². The van der Waals surface area contributed by atoms with Crippen molar-refractivity contribution in [1.29, 1.82) is 0 Å². The smallest absolute Gasteiger partial charge is 0.142 e. The maximum Gasteiger partial charge on any atom is 0.142 e. The number of benzene rings is 1. The van der Waals surface area contributed by atoms with Gasteiger partial charge in [0.2, 0.25) is 0 Å². The van der Waals surface area contributed by atoms with Gasteiger partial charge in [-0.25, -0.2) is 0 Å². The third kappa shape index (κ3) is 2.55. The van der Waals surface area contributed by atoms with E-state index in [1.54, 1.807) is 0 Å². The minimum Gasteiger partial charge on any atom is -0.483 e. The third-order valence-corrected chi connectivity index (χ3v) is 5.26. The number of aliphatic hydroxyl groups excluding tert-OH is 1. The minimum absolute atomic E-state index is 0.117. The van der Waals surface area contributed by atoms with Crippen LogP contribution in [0.15, 0.2) is 18.2 Å². The number of thiophene rings is 1. The number of hydrogen-bond acceptors (Lipinski definition) is 4. The van der Waals surface area contributed by atoms with Crippen molar-refractivity contribution in [1.82, 2.24) is 5.32 Å². The van der Waals surface area contributed by atoms with Crippen molar-refractivity contribution in [2.45, 2.75) is 44.9 Å². The van der Waals surface area contributed by atoms with Crippen molar-refractivity contribution < 1.29 is 9.84 Å². The van der Waals surface area contributed by atoms with Crippen molar-refractivity contribution in [3.8, 4) is 5.75 Å². The third-order valence-electron chi connectivity index (χ3n) is 3.98. The molecule has 1 aromatic carbocycles.